The Hall–Kier alpha value is -2.49. The highest BCUT2D eigenvalue weighted by Crippen LogP contribution is 2.24. The third kappa shape index (κ3) is 6.29. The van der Waals surface area contributed by atoms with E-state index in [1.807, 2.05) is 12.1 Å². The smallest absolute Gasteiger partial charge is 0.343 e. The summed E-state index contributed by atoms with van der Waals surface area (Å²) in [5.41, 5.74) is 1.70. The number of hydrogen-bond donors (Lipinski definition) is 0. The molecule has 28 heavy (non-hydrogen) atoms. The van der Waals surface area contributed by atoms with Crippen LogP contribution < -0.4 is 4.74 Å². The van der Waals surface area contributed by atoms with Gasteiger partial charge in [-0.25, -0.2) is 9.18 Å². The quantitative estimate of drug-likeness (QED) is 0.183. The van der Waals surface area contributed by atoms with E-state index in [9.17, 15) is 13.6 Å². The molecular formula is C24H28F2O2. The zero-order chi connectivity index (χ0) is 20.4. The molecule has 2 rings (SSSR count). The number of halogens is 2. The van der Waals surface area contributed by atoms with E-state index < -0.39 is 23.4 Å². The number of unbranched alkanes of at least 4 members (excludes halogenated alkanes) is 4. The minimum atomic E-state index is -1.14. The Balaban J connectivity index is 1.95. The first kappa shape index (κ1) is 21.8. The lowest BCUT2D eigenvalue weighted by Gasteiger charge is -2.09. The molecule has 0 saturated carbocycles. The zero-order valence-corrected chi connectivity index (χ0v) is 16.5. The lowest BCUT2D eigenvalue weighted by molar-refractivity contribution is 0.0726. The molecule has 2 nitrogen and oxygen atoms in total. The number of carbonyl (C=O) groups excluding carboxylic acids is 1. The Morgan fingerprint density at radius 3 is 2.36 bits per heavy atom. The van der Waals surface area contributed by atoms with Gasteiger partial charge in [0.05, 0.1) is 5.56 Å². The molecule has 0 spiro atoms. The molecule has 0 fully saturated rings. The Kier molecular flexibility index (Phi) is 8.86. The van der Waals surface area contributed by atoms with Crippen LogP contribution in [-0.2, 0) is 12.8 Å². The summed E-state index contributed by atoms with van der Waals surface area (Å²) in [6.45, 7) is 5.76. The summed E-state index contributed by atoms with van der Waals surface area (Å²) in [7, 11) is 0. The van der Waals surface area contributed by atoms with Crippen molar-refractivity contribution in [3.05, 3.63) is 77.4 Å². The van der Waals surface area contributed by atoms with E-state index >= 15 is 0 Å². The first-order valence-electron chi connectivity index (χ1n) is 9.95. The summed E-state index contributed by atoms with van der Waals surface area (Å²) in [6, 6.07) is 9.82. The van der Waals surface area contributed by atoms with Crippen molar-refractivity contribution in [2.75, 3.05) is 0 Å². The van der Waals surface area contributed by atoms with Gasteiger partial charge in [-0.15, -0.1) is 6.58 Å². The molecule has 0 aliphatic heterocycles. The molecule has 0 bridgehead atoms. The zero-order valence-electron chi connectivity index (χ0n) is 16.5. The van der Waals surface area contributed by atoms with Crippen molar-refractivity contribution < 1.29 is 18.3 Å². The number of carbonyl (C=O) groups is 1. The molecule has 0 saturated heterocycles. The van der Waals surface area contributed by atoms with Gasteiger partial charge in [0.15, 0.2) is 11.6 Å². The minimum absolute atomic E-state index is 0.237. The average Bonchev–Trinajstić information content (AvgIpc) is 2.71. The van der Waals surface area contributed by atoms with Crippen LogP contribution in [0.25, 0.3) is 0 Å². The average molecular weight is 386 g/mol. The summed E-state index contributed by atoms with van der Waals surface area (Å²) < 4.78 is 33.3. The molecule has 0 N–H and O–H groups in total. The standard InChI is InChI=1S/C24H28F2O2/c1-3-5-7-8-9-10-18-12-14-20(15-13-18)24(27)28-21-17-16-19(11-6-4-2)22(25)23(21)26/h4,12-17H,2-3,5-11H2,1H3. The van der Waals surface area contributed by atoms with Crippen LogP contribution in [0, 0.1) is 11.6 Å². The molecule has 2 aromatic carbocycles. The van der Waals surface area contributed by atoms with Crippen molar-refractivity contribution in [2.24, 2.45) is 0 Å². The fourth-order valence-electron chi connectivity index (χ4n) is 3.00. The van der Waals surface area contributed by atoms with Gasteiger partial charge in [0, 0.05) is 0 Å². The lowest BCUT2D eigenvalue weighted by Crippen LogP contribution is -2.10. The van der Waals surface area contributed by atoms with Crippen LogP contribution in [0.1, 0.15) is 66.9 Å². The predicted molar refractivity (Wildman–Crippen MR) is 109 cm³/mol. The first-order chi connectivity index (χ1) is 13.6. The van der Waals surface area contributed by atoms with Gasteiger partial charge in [-0.2, -0.15) is 4.39 Å². The van der Waals surface area contributed by atoms with Crippen LogP contribution in [0.15, 0.2) is 49.1 Å². The first-order valence-corrected chi connectivity index (χ1v) is 9.95. The predicted octanol–water partition coefficient (Wildman–Crippen LogP) is 6.82. The normalized spacial score (nSPS) is 10.7. The van der Waals surface area contributed by atoms with E-state index in [1.165, 1.54) is 37.8 Å². The second-order valence-corrected chi connectivity index (χ2v) is 6.93. The monoisotopic (exact) mass is 386 g/mol. The fourth-order valence-corrected chi connectivity index (χ4v) is 3.00. The van der Waals surface area contributed by atoms with E-state index in [0.29, 0.717) is 18.4 Å². The highest BCUT2D eigenvalue weighted by molar-refractivity contribution is 5.91. The van der Waals surface area contributed by atoms with Crippen molar-refractivity contribution in [3.8, 4) is 5.75 Å². The highest BCUT2D eigenvalue weighted by atomic mass is 19.2. The molecule has 150 valence electrons. The summed E-state index contributed by atoms with van der Waals surface area (Å²) in [6.07, 6.45) is 9.54. The van der Waals surface area contributed by atoms with E-state index in [2.05, 4.69) is 13.5 Å². The topological polar surface area (TPSA) is 26.3 Å². The van der Waals surface area contributed by atoms with E-state index in [4.69, 9.17) is 4.74 Å². The van der Waals surface area contributed by atoms with Crippen LogP contribution in [0.2, 0.25) is 0 Å². The van der Waals surface area contributed by atoms with Crippen LogP contribution in [0.4, 0.5) is 8.78 Å². The van der Waals surface area contributed by atoms with Gasteiger partial charge in [-0.3, -0.25) is 0 Å². The van der Waals surface area contributed by atoms with Gasteiger partial charge in [-0.05, 0) is 55.0 Å². The molecule has 0 heterocycles. The summed E-state index contributed by atoms with van der Waals surface area (Å²) in [5, 5.41) is 0. The maximum Gasteiger partial charge on any atom is 0.343 e. The van der Waals surface area contributed by atoms with E-state index in [-0.39, 0.29) is 5.56 Å². The number of esters is 1. The maximum atomic E-state index is 14.2. The maximum absolute atomic E-state index is 14.2. The third-order valence-corrected chi connectivity index (χ3v) is 4.71. The molecule has 4 heteroatoms. The Morgan fingerprint density at radius 2 is 1.68 bits per heavy atom. The number of hydrogen-bond acceptors (Lipinski definition) is 2. The summed E-state index contributed by atoms with van der Waals surface area (Å²) >= 11 is 0. The van der Waals surface area contributed by atoms with Gasteiger partial charge in [0.1, 0.15) is 0 Å². The van der Waals surface area contributed by atoms with Crippen molar-refractivity contribution in [3.63, 3.8) is 0 Å². The molecule has 2 aromatic rings. The minimum Gasteiger partial charge on any atom is -0.420 e. The van der Waals surface area contributed by atoms with Gasteiger partial charge in [0.25, 0.3) is 0 Å². The van der Waals surface area contributed by atoms with Crippen molar-refractivity contribution in [2.45, 2.75) is 58.3 Å². The molecule has 0 radical (unpaired) electrons. The highest BCUT2D eigenvalue weighted by Gasteiger charge is 2.17. The number of aryl methyl sites for hydroxylation is 2. The van der Waals surface area contributed by atoms with Gasteiger partial charge < -0.3 is 4.74 Å². The molecule has 0 aliphatic rings. The van der Waals surface area contributed by atoms with E-state index in [0.717, 1.165) is 18.4 Å². The van der Waals surface area contributed by atoms with Crippen molar-refractivity contribution >= 4 is 5.97 Å². The summed E-state index contributed by atoms with van der Waals surface area (Å²) in [5.74, 6) is -3.22. The van der Waals surface area contributed by atoms with Crippen LogP contribution in [0.5, 0.6) is 5.75 Å². The Bertz CT molecular complexity index is 782. The molecule has 0 aliphatic carbocycles. The Morgan fingerprint density at radius 1 is 0.964 bits per heavy atom. The Labute approximate surface area is 166 Å². The third-order valence-electron chi connectivity index (χ3n) is 4.71. The number of allylic oxidation sites excluding steroid dienone is 1. The van der Waals surface area contributed by atoms with Gasteiger partial charge >= 0.3 is 5.97 Å². The van der Waals surface area contributed by atoms with Gasteiger partial charge in [0.2, 0.25) is 5.82 Å². The second kappa shape index (κ2) is 11.4. The summed E-state index contributed by atoms with van der Waals surface area (Å²) in [4.78, 5) is 12.3. The lowest BCUT2D eigenvalue weighted by atomic mass is 10.0. The second-order valence-electron chi connectivity index (χ2n) is 6.93. The van der Waals surface area contributed by atoms with Crippen molar-refractivity contribution in [1.29, 1.82) is 0 Å². The van der Waals surface area contributed by atoms with Gasteiger partial charge in [-0.1, -0.05) is 56.9 Å². The number of ether oxygens (including phenoxy) is 1. The SMILES string of the molecule is C=CCCc1ccc(OC(=O)c2ccc(CCCCCCC)cc2)c(F)c1F. The molecule has 0 aromatic heterocycles. The van der Waals surface area contributed by atoms with E-state index in [1.54, 1.807) is 18.2 Å². The van der Waals surface area contributed by atoms with Crippen molar-refractivity contribution in [1.82, 2.24) is 0 Å². The number of benzene rings is 2. The number of rotatable bonds is 11. The fraction of sp³-hybridized carbons (Fsp3) is 0.375. The van der Waals surface area contributed by atoms with Crippen LogP contribution in [0.3, 0.4) is 0 Å². The molecule has 0 unspecified atom stereocenters. The molecular weight excluding hydrogens is 358 g/mol. The van der Waals surface area contributed by atoms with Crippen LogP contribution in [-0.4, -0.2) is 5.97 Å². The van der Waals surface area contributed by atoms with Crippen LogP contribution >= 0.6 is 0 Å². The molecule has 0 atom stereocenters. The molecule has 0 amide bonds. The largest absolute Gasteiger partial charge is 0.420 e.